The Morgan fingerprint density at radius 3 is 2.58 bits per heavy atom. The number of halogens is 1. The average molecular weight is 387 g/mol. The van der Waals surface area contributed by atoms with Gasteiger partial charge in [0.15, 0.2) is 11.0 Å². The van der Waals surface area contributed by atoms with Gasteiger partial charge >= 0.3 is 0 Å². The molecule has 1 amide bonds. The molecule has 0 saturated heterocycles. The summed E-state index contributed by atoms with van der Waals surface area (Å²) in [5, 5.41) is 12.4. The first-order chi connectivity index (χ1) is 12.6. The lowest BCUT2D eigenvalue weighted by atomic mass is 10.2. The van der Waals surface area contributed by atoms with E-state index >= 15 is 0 Å². The first kappa shape index (κ1) is 18.5. The van der Waals surface area contributed by atoms with Crippen molar-refractivity contribution in [3.63, 3.8) is 0 Å². The molecule has 0 aliphatic heterocycles. The van der Waals surface area contributed by atoms with Gasteiger partial charge in [-0.2, -0.15) is 0 Å². The van der Waals surface area contributed by atoms with Crippen molar-refractivity contribution in [3.05, 3.63) is 65.2 Å². The molecule has 134 valence electrons. The highest BCUT2D eigenvalue weighted by Gasteiger charge is 2.19. The van der Waals surface area contributed by atoms with Gasteiger partial charge in [0.2, 0.25) is 5.91 Å². The van der Waals surface area contributed by atoms with Gasteiger partial charge < -0.3 is 9.88 Å². The van der Waals surface area contributed by atoms with Gasteiger partial charge in [0.1, 0.15) is 0 Å². The van der Waals surface area contributed by atoms with Crippen LogP contribution in [-0.2, 0) is 18.4 Å². The second-order valence-corrected chi connectivity index (χ2v) is 7.52. The van der Waals surface area contributed by atoms with E-state index in [1.807, 2.05) is 73.1 Å². The molecule has 1 aromatic heterocycles. The zero-order valence-corrected chi connectivity index (χ0v) is 16.1. The van der Waals surface area contributed by atoms with Crippen LogP contribution < -0.4 is 5.32 Å². The van der Waals surface area contributed by atoms with E-state index in [9.17, 15) is 4.79 Å². The van der Waals surface area contributed by atoms with Crippen LogP contribution in [0.2, 0.25) is 5.02 Å². The Hall–Kier alpha value is -2.31. The van der Waals surface area contributed by atoms with Crippen molar-refractivity contribution in [2.24, 2.45) is 7.05 Å². The summed E-state index contributed by atoms with van der Waals surface area (Å²) < 4.78 is 1.85. The summed E-state index contributed by atoms with van der Waals surface area (Å²) in [6.45, 7) is 2.36. The largest absolute Gasteiger partial charge is 0.351 e. The van der Waals surface area contributed by atoms with Gasteiger partial charge in [-0.15, -0.1) is 10.2 Å². The van der Waals surface area contributed by atoms with E-state index in [4.69, 9.17) is 11.6 Å². The summed E-state index contributed by atoms with van der Waals surface area (Å²) in [6.07, 6.45) is 0. The maximum absolute atomic E-state index is 12.4. The molecule has 3 rings (SSSR count). The van der Waals surface area contributed by atoms with E-state index in [-0.39, 0.29) is 11.2 Å². The van der Waals surface area contributed by atoms with Crippen molar-refractivity contribution >= 4 is 29.3 Å². The minimum Gasteiger partial charge on any atom is -0.351 e. The third-order valence-corrected chi connectivity index (χ3v) is 5.37. The standard InChI is InChI=1S/C19H19ClN4OS/c1-13(18(25)21-12-14-8-4-3-5-9-14)26-19-23-22-17(24(19)2)15-10-6-7-11-16(15)20/h3-11,13H,12H2,1-2H3,(H,21,25)/t13-/m1/s1. The summed E-state index contributed by atoms with van der Waals surface area (Å²) >= 11 is 7.61. The number of amides is 1. The number of rotatable bonds is 6. The van der Waals surface area contributed by atoms with E-state index in [2.05, 4.69) is 15.5 Å². The maximum atomic E-state index is 12.4. The lowest BCUT2D eigenvalue weighted by molar-refractivity contribution is -0.120. The summed E-state index contributed by atoms with van der Waals surface area (Å²) in [5.41, 5.74) is 1.88. The zero-order chi connectivity index (χ0) is 18.5. The van der Waals surface area contributed by atoms with Gasteiger partial charge in [-0.3, -0.25) is 4.79 Å². The van der Waals surface area contributed by atoms with Gasteiger partial charge in [-0.05, 0) is 24.6 Å². The number of hydrogen-bond donors (Lipinski definition) is 1. The molecule has 7 heteroatoms. The molecule has 0 saturated carbocycles. The maximum Gasteiger partial charge on any atom is 0.233 e. The molecule has 26 heavy (non-hydrogen) atoms. The Labute approximate surface area is 161 Å². The Bertz CT molecular complexity index is 898. The smallest absolute Gasteiger partial charge is 0.233 e. The number of nitrogens with zero attached hydrogens (tertiary/aromatic N) is 3. The summed E-state index contributed by atoms with van der Waals surface area (Å²) in [4.78, 5) is 12.4. The van der Waals surface area contributed by atoms with E-state index in [1.54, 1.807) is 0 Å². The van der Waals surface area contributed by atoms with Crippen molar-refractivity contribution in [1.82, 2.24) is 20.1 Å². The van der Waals surface area contributed by atoms with Crippen LogP contribution in [0.15, 0.2) is 59.8 Å². The molecule has 0 bridgehead atoms. The van der Waals surface area contributed by atoms with Crippen LogP contribution in [0, 0.1) is 0 Å². The number of benzene rings is 2. The third kappa shape index (κ3) is 4.26. The minimum atomic E-state index is -0.291. The van der Waals surface area contributed by atoms with Crippen molar-refractivity contribution in [2.45, 2.75) is 23.9 Å². The SMILES string of the molecule is C[C@@H](Sc1nnc(-c2ccccc2Cl)n1C)C(=O)NCc1ccccc1. The fourth-order valence-electron chi connectivity index (χ4n) is 2.44. The topological polar surface area (TPSA) is 59.8 Å². The number of hydrogen-bond acceptors (Lipinski definition) is 4. The quantitative estimate of drug-likeness (QED) is 0.652. The van der Waals surface area contributed by atoms with Crippen LogP contribution in [0.3, 0.4) is 0 Å². The van der Waals surface area contributed by atoms with Crippen molar-refractivity contribution in [3.8, 4) is 11.4 Å². The van der Waals surface area contributed by atoms with E-state index in [1.165, 1.54) is 11.8 Å². The highest BCUT2D eigenvalue weighted by Crippen LogP contribution is 2.29. The number of nitrogens with one attached hydrogen (secondary N) is 1. The molecular formula is C19H19ClN4OS. The second-order valence-electron chi connectivity index (χ2n) is 5.81. The van der Waals surface area contributed by atoms with Crippen LogP contribution in [0.5, 0.6) is 0 Å². The molecule has 3 aromatic rings. The van der Waals surface area contributed by atoms with E-state index < -0.39 is 0 Å². The molecule has 5 nitrogen and oxygen atoms in total. The van der Waals surface area contributed by atoms with Crippen LogP contribution in [0.25, 0.3) is 11.4 Å². The van der Waals surface area contributed by atoms with Gasteiger partial charge in [-0.1, -0.05) is 65.8 Å². The summed E-state index contributed by atoms with van der Waals surface area (Å²) in [6, 6.07) is 17.3. The van der Waals surface area contributed by atoms with Gasteiger partial charge in [0.25, 0.3) is 0 Å². The zero-order valence-electron chi connectivity index (χ0n) is 14.5. The molecule has 2 aromatic carbocycles. The van der Waals surface area contributed by atoms with Crippen molar-refractivity contribution in [1.29, 1.82) is 0 Å². The van der Waals surface area contributed by atoms with Crippen LogP contribution in [0.1, 0.15) is 12.5 Å². The average Bonchev–Trinajstić information content (AvgIpc) is 3.01. The third-order valence-electron chi connectivity index (χ3n) is 3.91. The number of thioether (sulfide) groups is 1. The Balaban J connectivity index is 1.65. The molecule has 0 unspecified atom stereocenters. The molecule has 1 atom stereocenters. The summed E-state index contributed by atoms with van der Waals surface area (Å²) in [7, 11) is 1.87. The predicted octanol–water partition coefficient (Wildman–Crippen LogP) is 3.93. The summed E-state index contributed by atoms with van der Waals surface area (Å²) in [5.74, 6) is 0.635. The molecule has 0 radical (unpaired) electrons. The Morgan fingerprint density at radius 1 is 1.15 bits per heavy atom. The predicted molar refractivity (Wildman–Crippen MR) is 105 cm³/mol. The van der Waals surface area contributed by atoms with Crippen LogP contribution in [-0.4, -0.2) is 25.9 Å². The monoisotopic (exact) mass is 386 g/mol. The molecule has 0 aliphatic rings. The van der Waals surface area contributed by atoms with Crippen molar-refractivity contribution in [2.75, 3.05) is 0 Å². The van der Waals surface area contributed by atoms with Crippen LogP contribution >= 0.6 is 23.4 Å². The van der Waals surface area contributed by atoms with Gasteiger partial charge in [0, 0.05) is 19.2 Å². The minimum absolute atomic E-state index is 0.0406. The molecule has 1 N–H and O–H groups in total. The number of carbonyl (C=O) groups is 1. The van der Waals surface area contributed by atoms with Gasteiger partial charge in [-0.25, -0.2) is 0 Å². The Kier molecular flexibility index (Phi) is 5.96. The number of aromatic nitrogens is 3. The molecular weight excluding hydrogens is 368 g/mol. The highest BCUT2D eigenvalue weighted by molar-refractivity contribution is 8.00. The molecule has 0 fully saturated rings. The first-order valence-electron chi connectivity index (χ1n) is 8.19. The normalized spacial score (nSPS) is 12.0. The fourth-order valence-corrected chi connectivity index (χ4v) is 3.49. The molecule has 0 aliphatic carbocycles. The second kappa shape index (κ2) is 8.38. The molecule has 1 heterocycles. The lowest BCUT2D eigenvalue weighted by Crippen LogP contribution is -2.30. The number of carbonyl (C=O) groups excluding carboxylic acids is 1. The highest BCUT2D eigenvalue weighted by atomic mass is 35.5. The lowest BCUT2D eigenvalue weighted by Gasteiger charge is -2.12. The van der Waals surface area contributed by atoms with E-state index in [0.29, 0.717) is 22.5 Å². The van der Waals surface area contributed by atoms with E-state index in [0.717, 1.165) is 11.1 Å². The van der Waals surface area contributed by atoms with Crippen LogP contribution in [0.4, 0.5) is 0 Å². The molecule has 0 spiro atoms. The first-order valence-corrected chi connectivity index (χ1v) is 9.44. The Morgan fingerprint density at radius 2 is 1.85 bits per heavy atom. The fraction of sp³-hybridized carbons (Fsp3) is 0.211. The van der Waals surface area contributed by atoms with Gasteiger partial charge in [0.05, 0.1) is 10.3 Å². The van der Waals surface area contributed by atoms with Crippen molar-refractivity contribution < 1.29 is 4.79 Å².